The Bertz CT molecular complexity index is 541. The summed E-state index contributed by atoms with van der Waals surface area (Å²) in [6.45, 7) is 11.1. The minimum atomic E-state index is -0.778. The van der Waals surface area contributed by atoms with E-state index in [-0.39, 0.29) is 12.7 Å². The molecule has 1 heterocycles. The summed E-state index contributed by atoms with van der Waals surface area (Å²) in [5, 5.41) is 12.6. The van der Waals surface area contributed by atoms with Crippen LogP contribution in [0.3, 0.4) is 0 Å². The molecule has 1 rings (SSSR count). The van der Waals surface area contributed by atoms with Crippen LogP contribution in [0.15, 0.2) is 12.2 Å². The number of hydrogen-bond donors (Lipinski definition) is 2. The van der Waals surface area contributed by atoms with Crippen LogP contribution in [0.1, 0.15) is 112 Å². The van der Waals surface area contributed by atoms with Crippen molar-refractivity contribution >= 4 is 6.09 Å². The lowest BCUT2D eigenvalue weighted by Crippen LogP contribution is -2.50. The van der Waals surface area contributed by atoms with Gasteiger partial charge in [0.25, 0.3) is 0 Å². The molecule has 1 fully saturated rings. The lowest BCUT2D eigenvalue weighted by atomic mass is 10.0. The molecule has 2 N–H and O–H groups in total. The maximum absolute atomic E-state index is 12.2. The first kappa shape index (κ1) is 28.9. The number of hydrogen-bond acceptors (Lipinski definition) is 5. The molecule has 3 atom stereocenters. The molecule has 0 aliphatic carbocycles. The van der Waals surface area contributed by atoms with Crippen LogP contribution < -0.4 is 5.32 Å². The van der Waals surface area contributed by atoms with E-state index in [0.29, 0.717) is 0 Å². The Morgan fingerprint density at radius 2 is 1.59 bits per heavy atom. The maximum Gasteiger partial charge on any atom is 0.408 e. The van der Waals surface area contributed by atoms with Gasteiger partial charge in [-0.05, 0) is 47.5 Å². The van der Waals surface area contributed by atoms with Crippen molar-refractivity contribution in [3.05, 3.63) is 12.2 Å². The number of carbonyl (C=O) groups is 1. The average Bonchev–Trinajstić information content (AvgIpc) is 3.00. The van der Waals surface area contributed by atoms with Crippen LogP contribution in [-0.2, 0) is 14.2 Å². The van der Waals surface area contributed by atoms with Gasteiger partial charge in [-0.3, -0.25) is 0 Å². The number of amides is 1. The van der Waals surface area contributed by atoms with Gasteiger partial charge < -0.3 is 24.6 Å². The molecule has 1 aliphatic rings. The molecule has 1 aliphatic heterocycles. The fourth-order valence-electron chi connectivity index (χ4n) is 3.95. The number of nitrogens with one attached hydrogen (secondary N) is 1. The van der Waals surface area contributed by atoms with Gasteiger partial charge in [0.15, 0.2) is 5.79 Å². The molecule has 32 heavy (non-hydrogen) atoms. The Balaban J connectivity index is 2.38. The van der Waals surface area contributed by atoms with Crippen molar-refractivity contribution < 1.29 is 24.1 Å². The quantitative estimate of drug-likeness (QED) is 0.225. The van der Waals surface area contributed by atoms with Gasteiger partial charge in [0.05, 0.1) is 12.6 Å². The topological polar surface area (TPSA) is 77.0 Å². The second-order valence-electron chi connectivity index (χ2n) is 10.4. The molecular formula is C26H49NO5. The highest BCUT2D eigenvalue weighted by atomic mass is 16.8. The van der Waals surface area contributed by atoms with E-state index in [2.05, 4.69) is 18.3 Å². The van der Waals surface area contributed by atoms with Crippen LogP contribution in [0.5, 0.6) is 0 Å². The second kappa shape index (κ2) is 14.9. The number of allylic oxidation sites excluding steroid dienone is 1. The largest absolute Gasteiger partial charge is 0.444 e. The first-order chi connectivity index (χ1) is 15.1. The molecule has 6 nitrogen and oxygen atoms in total. The van der Waals surface area contributed by atoms with Crippen molar-refractivity contribution in [3.63, 3.8) is 0 Å². The van der Waals surface area contributed by atoms with Gasteiger partial charge in [0, 0.05) is 0 Å². The highest BCUT2D eigenvalue weighted by Gasteiger charge is 2.44. The van der Waals surface area contributed by atoms with Gasteiger partial charge in [-0.2, -0.15) is 0 Å². The van der Waals surface area contributed by atoms with Crippen LogP contribution in [0.4, 0.5) is 4.79 Å². The fourth-order valence-corrected chi connectivity index (χ4v) is 3.95. The van der Waals surface area contributed by atoms with Crippen molar-refractivity contribution in [1.29, 1.82) is 0 Å². The minimum Gasteiger partial charge on any atom is -0.444 e. The van der Waals surface area contributed by atoms with E-state index in [1.54, 1.807) is 20.8 Å². The molecular weight excluding hydrogens is 406 g/mol. The van der Waals surface area contributed by atoms with E-state index in [1.807, 2.05) is 19.9 Å². The van der Waals surface area contributed by atoms with Gasteiger partial charge in [0.1, 0.15) is 17.8 Å². The Labute approximate surface area is 196 Å². The van der Waals surface area contributed by atoms with Gasteiger partial charge in [-0.1, -0.05) is 76.9 Å². The molecule has 0 saturated carbocycles. The number of rotatable bonds is 15. The summed E-state index contributed by atoms with van der Waals surface area (Å²) >= 11 is 0. The Kier molecular flexibility index (Phi) is 13.5. The molecule has 0 spiro atoms. The van der Waals surface area contributed by atoms with Crippen LogP contribution in [0.2, 0.25) is 0 Å². The van der Waals surface area contributed by atoms with Gasteiger partial charge in [0.2, 0.25) is 0 Å². The number of unbranched alkanes of at least 4 members (excludes halogenated alkanes) is 10. The smallest absolute Gasteiger partial charge is 0.408 e. The second-order valence-corrected chi connectivity index (χ2v) is 10.4. The van der Waals surface area contributed by atoms with E-state index >= 15 is 0 Å². The molecule has 0 aromatic carbocycles. The van der Waals surface area contributed by atoms with Crippen molar-refractivity contribution in [2.24, 2.45) is 0 Å². The summed E-state index contributed by atoms with van der Waals surface area (Å²) in [5.74, 6) is -0.778. The van der Waals surface area contributed by atoms with E-state index < -0.39 is 29.6 Å². The van der Waals surface area contributed by atoms with Crippen molar-refractivity contribution in [1.82, 2.24) is 5.32 Å². The Morgan fingerprint density at radius 3 is 2.12 bits per heavy atom. The zero-order valence-corrected chi connectivity index (χ0v) is 21.5. The van der Waals surface area contributed by atoms with E-state index in [9.17, 15) is 9.90 Å². The lowest BCUT2D eigenvalue weighted by Gasteiger charge is -2.27. The molecule has 0 aromatic rings. The predicted octanol–water partition coefficient (Wildman–Crippen LogP) is 6.26. The zero-order chi connectivity index (χ0) is 24.0. The SMILES string of the molecule is CCCCCCCCCCCC/C=C/[C@H]1OC(C)(C)O[C@H]1C(CO)NC(=O)OC(C)(C)C. The fraction of sp³-hybridized carbons (Fsp3) is 0.885. The van der Waals surface area contributed by atoms with Crippen LogP contribution in [0, 0.1) is 0 Å². The molecule has 0 radical (unpaired) electrons. The third-order valence-electron chi connectivity index (χ3n) is 5.51. The van der Waals surface area contributed by atoms with Crippen molar-refractivity contribution in [2.45, 2.75) is 142 Å². The Hall–Kier alpha value is -1.11. The summed E-state index contributed by atoms with van der Waals surface area (Å²) in [6, 6.07) is -0.612. The summed E-state index contributed by atoms with van der Waals surface area (Å²) in [7, 11) is 0. The van der Waals surface area contributed by atoms with Crippen molar-refractivity contribution in [2.75, 3.05) is 6.61 Å². The third-order valence-corrected chi connectivity index (χ3v) is 5.51. The first-order valence-corrected chi connectivity index (χ1v) is 12.7. The maximum atomic E-state index is 12.2. The number of aliphatic hydroxyl groups excluding tert-OH is 1. The monoisotopic (exact) mass is 455 g/mol. The molecule has 188 valence electrons. The molecule has 6 heteroatoms. The lowest BCUT2D eigenvalue weighted by molar-refractivity contribution is -0.146. The minimum absolute atomic E-state index is 0.258. The number of carbonyl (C=O) groups excluding carboxylic acids is 1. The third kappa shape index (κ3) is 12.8. The van der Waals surface area contributed by atoms with Gasteiger partial charge >= 0.3 is 6.09 Å². The van der Waals surface area contributed by atoms with Crippen molar-refractivity contribution in [3.8, 4) is 0 Å². The average molecular weight is 456 g/mol. The van der Waals surface area contributed by atoms with Gasteiger partial charge in [-0.25, -0.2) is 4.79 Å². The summed E-state index contributed by atoms with van der Waals surface area (Å²) in [4.78, 5) is 12.2. The van der Waals surface area contributed by atoms with Crippen LogP contribution in [0.25, 0.3) is 0 Å². The van der Waals surface area contributed by atoms with Crippen LogP contribution in [-0.4, -0.2) is 47.4 Å². The summed E-state index contributed by atoms with van der Waals surface area (Å²) in [6.07, 6.45) is 17.0. The standard InChI is InChI=1S/C26H49NO5/c1-7-8-9-10-11-12-13-14-15-16-17-18-19-22-23(31-26(5,6)30-22)21(20-28)27-24(29)32-25(2,3)4/h18-19,21-23,28H,7-17,20H2,1-6H3,(H,27,29)/b19-18+/t21?,22-,23+/m1/s1. The first-order valence-electron chi connectivity index (χ1n) is 12.7. The molecule has 0 aromatic heterocycles. The summed E-state index contributed by atoms with van der Waals surface area (Å²) < 4.78 is 17.3. The highest BCUT2D eigenvalue weighted by molar-refractivity contribution is 5.68. The molecule has 1 unspecified atom stereocenters. The highest BCUT2D eigenvalue weighted by Crippen LogP contribution is 2.31. The predicted molar refractivity (Wildman–Crippen MR) is 130 cm³/mol. The Morgan fingerprint density at radius 1 is 1.03 bits per heavy atom. The number of ether oxygens (including phenoxy) is 3. The summed E-state index contributed by atoms with van der Waals surface area (Å²) in [5.41, 5.74) is -0.606. The zero-order valence-electron chi connectivity index (χ0n) is 21.5. The normalized spacial score (nSPS) is 21.7. The number of aliphatic hydroxyl groups is 1. The molecule has 1 saturated heterocycles. The van der Waals surface area contributed by atoms with Gasteiger partial charge in [-0.15, -0.1) is 0 Å². The van der Waals surface area contributed by atoms with E-state index in [4.69, 9.17) is 14.2 Å². The van der Waals surface area contributed by atoms with E-state index in [1.165, 1.54) is 57.8 Å². The van der Waals surface area contributed by atoms with E-state index in [0.717, 1.165) is 12.8 Å². The molecule has 0 bridgehead atoms. The number of alkyl carbamates (subject to hydrolysis) is 1. The van der Waals surface area contributed by atoms with Crippen LogP contribution >= 0.6 is 0 Å². The molecule has 1 amide bonds.